The number of benzene rings is 1. The zero-order chi connectivity index (χ0) is 19.8. The van der Waals surface area contributed by atoms with Crippen molar-refractivity contribution in [2.75, 3.05) is 0 Å². The van der Waals surface area contributed by atoms with E-state index in [-0.39, 0.29) is 5.78 Å². The fourth-order valence-corrected chi connectivity index (χ4v) is 7.55. The van der Waals surface area contributed by atoms with Crippen molar-refractivity contribution >= 4 is 27.5 Å². The summed E-state index contributed by atoms with van der Waals surface area (Å²) in [4.78, 5) is 12.5. The predicted molar refractivity (Wildman–Crippen MR) is 121 cm³/mol. The van der Waals surface area contributed by atoms with E-state index in [4.69, 9.17) is 0 Å². The van der Waals surface area contributed by atoms with E-state index in [0.717, 1.165) is 10.9 Å². The number of Topliss-reactive ketones (excluding diaryl/α,β-unsaturated/α-hetero) is 1. The number of hydrogen-bond donors (Lipinski definition) is 0. The quantitative estimate of drug-likeness (QED) is 0.415. The van der Waals surface area contributed by atoms with Gasteiger partial charge in [-0.2, -0.15) is 0 Å². The number of aryl methyl sites for hydroxylation is 1. The van der Waals surface area contributed by atoms with E-state index in [2.05, 4.69) is 82.2 Å². The standard InChI is InChI=1S/C23H32BrOP/c1-9-20(25)23-16(8)10-21(26(23)24)22-18(14(4)5)11-17(13(2)3)12-19(22)15(6)7/h10-15H,9H2,1-8H3. The van der Waals surface area contributed by atoms with Gasteiger partial charge in [0.1, 0.15) is 0 Å². The Balaban J connectivity index is 2.87. The van der Waals surface area contributed by atoms with Gasteiger partial charge in [-0.25, -0.2) is 0 Å². The molecule has 0 radical (unpaired) electrons. The molecule has 1 nitrogen and oxygen atoms in total. The lowest BCUT2D eigenvalue weighted by atomic mass is 9.84. The maximum absolute atomic E-state index is 12.5. The van der Waals surface area contributed by atoms with E-state index in [1.807, 2.05) is 6.92 Å². The molecule has 1 atom stereocenters. The number of carbonyl (C=O) groups is 1. The molecule has 2 aromatic rings. The molecular weight excluding hydrogens is 403 g/mol. The maximum Gasteiger partial charge on any atom is 0.167 e. The molecular formula is C23H32BrOP. The predicted octanol–water partition coefficient (Wildman–Crippen LogP) is 8.77. The van der Waals surface area contributed by atoms with Gasteiger partial charge < -0.3 is 0 Å². The van der Waals surface area contributed by atoms with Gasteiger partial charge in [0.2, 0.25) is 0 Å². The summed E-state index contributed by atoms with van der Waals surface area (Å²) in [6.45, 7) is 17.7. The van der Waals surface area contributed by atoms with E-state index in [9.17, 15) is 4.79 Å². The Morgan fingerprint density at radius 1 is 0.962 bits per heavy atom. The van der Waals surface area contributed by atoms with Gasteiger partial charge in [-0.1, -0.05) is 60.6 Å². The molecule has 0 aliphatic heterocycles. The van der Waals surface area contributed by atoms with Crippen LogP contribution >= 0.6 is 21.7 Å². The number of ketones is 1. The third-order valence-corrected chi connectivity index (χ3v) is 9.09. The van der Waals surface area contributed by atoms with Crippen LogP contribution in [-0.4, -0.2) is 5.78 Å². The molecule has 1 aromatic carbocycles. The Morgan fingerprint density at radius 2 is 1.46 bits per heavy atom. The molecule has 0 aliphatic carbocycles. The Bertz CT molecular complexity index is 783. The number of carbonyl (C=O) groups excluding carboxylic acids is 1. The SMILES string of the molecule is CCC(=O)c1c(C)cc(-c2c(C(C)C)cc(C(C)C)cc2C(C)C)p1Br. The monoisotopic (exact) mass is 434 g/mol. The van der Waals surface area contributed by atoms with Gasteiger partial charge in [-0.3, -0.25) is 4.79 Å². The lowest BCUT2D eigenvalue weighted by Crippen LogP contribution is -2.03. The van der Waals surface area contributed by atoms with Crippen molar-refractivity contribution in [2.45, 2.75) is 79.6 Å². The first-order valence-corrected chi connectivity index (χ1v) is 13.1. The molecule has 0 spiro atoms. The van der Waals surface area contributed by atoms with Crippen molar-refractivity contribution in [1.29, 1.82) is 0 Å². The summed E-state index contributed by atoms with van der Waals surface area (Å²) < 4.78 is 0. The molecule has 2 rings (SSSR count). The molecule has 0 aliphatic rings. The third-order valence-electron chi connectivity index (χ3n) is 5.11. The normalized spacial score (nSPS) is 12.5. The molecule has 0 amide bonds. The van der Waals surface area contributed by atoms with E-state index < -0.39 is 6.24 Å². The van der Waals surface area contributed by atoms with Crippen LogP contribution in [0, 0.1) is 6.92 Å². The highest BCUT2D eigenvalue weighted by Crippen LogP contribution is 2.56. The first kappa shape index (κ1) is 21.5. The average Bonchev–Trinajstić information content (AvgIpc) is 2.86. The summed E-state index contributed by atoms with van der Waals surface area (Å²) >= 11 is 3.92. The lowest BCUT2D eigenvalue weighted by molar-refractivity contribution is 0.0991. The van der Waals surface area contributed by atoms with Gasteiger partial charge in [-0.15, -0.1) is 0 Å². The van der Waals surface area contributed by atoms with Gasteiger partial charge in [0.15, 0.2) is 5.78 Å². The van der Waals surface area contributed by atoms with Gasteiger partial charge in [0.25, 0.3) is 0 Å². The van der Waals surface area contributed by atoms with Crippen molar-refractivity contribution in [3.05, 3.63) is 45.7 Å². The van der Waals surface area contributed by atoms with E-state index in [0.29, 0.717) is 24.2 Å². The Kier molecular flexibility index (Phi) is 6.97. The zero-order valence-electron chi connectivity index (χ0n) is 17.4. The van der Waals surface area contributed by atoms with Crippen LogP contribution in [-0.2, 0) is 0 Å². The maximum atomic E-state index is 12.5. The fraction of sp³-hybridized carbons (Fsp3) is 0.522. The summed E-state index contributed by atoms with van der Waals surface area (Å²) in [5, 5.41) is 2.31. The summed E-state index contributed by atoms with van der Waals surface area (Å²) in [5.41, 5.74) is 6.74. The Morgan fingerprint density at radius 3 is 1.85 bits per heavy atom. The molecule has 1 aromatic heterocycles. The molecule has 142 valence electrons. The largest absolute Gasteiger partial charge is 0.294 e. The van der Waals surface area contributed by atoms with Crippen LogP contribution in [0.1, 0.15) is 105 Å². The second-order valence-corrected chi connectivity index (χ2v) is 11.8. The second-order valence-electron chi connectivity index (χ2n) is 8.16. The van der Waals surface area contributed by atoms with Crippen molar-refractivity contribution in [3.8, 4) is 10.9 Å². The minimum absolute atomic E-state index is 0.271. The van der Waals surface area contributed by atoms with Crippen molar-refractivity contribution < 1.29 is 4.79 Å². The van der Waals surface area contributed by atoms with Crippen molar-refractivity contribution in [3.63, 3.8) is 0 Å². The van der Waals surface area contributed by atoms with Crippen LogP contribution in [0.2, 0.25) is 0 Å². The Labute approximate surface area is 168 Å². The molecule has 3 heteroatoms. The molecule has 0 saturated carbocycles. The van der Waals surface area contributed by atoms with Crippen LogP contribution in [0.25, 0.3) is 10.9 Å². The number of halogens is 1. The van der Waals surface area contributed by atoms with E-state index in [1.165, 1.54) is 27.5 Å². The van der Waals surface area contributed by atoms with Gasteiger partial charge in [0.05, 0.1) is 5.30 Å². The highest BCUT2D eigenvalue weighted by Gasteiger charge is 2.24. The minimum atomic E-state index is -0.756. The molecule has 0 N–H and O–H groups in total. The smallest absolute Gasteiger partial charge is 0.167 e. The van der Waals surface area contributed by atoms with Crippen LogP contribution in [0.15, 0.2) is 18.2 Å². The average molecular weight is 435 g/mol. The first-order valence-electron chi connectivity index (χ1n) is 9.69. The molecule has 0 bridgehead atoms. The lowest BCUT2D eigenvalue weighted by Gasteiger charge is -2.23. The number of rotatable bonds is 6. The number of hydrogen-bond acceptors (Lipinski definition) is 1. The summed E-state index contributed by atoms with van der Waals surface area (Å²) in [5.74, 6) is 1.68. The van der Waals surface area contributed by atoms with Crippen LogP contribution in [0.4, 0.5) is 0 Å². The van der Waals surface area contributed by atoms with E-state index in [1.54, 1.807) is 0 Å². The summed E-state index contributed by atoms with van der Waals surface area (Å²) in [7, 11) is 0. The van der Waals surface area contributed by atoms with Crippen molar-refractivity contribution in [2.24, 2.45) is 0 Å². The summed E-state index contributed by atoms with van der Waals surface area (Å²) in [6, 6.07) is 7.04. The molecule has 0 saturated heterocycles. The van der Waals surface area contributed by atoms with Crippen molar-refractivity contribution in [1.82, 2.24) is 0 Å². The van der Waals surface area contributed by atoms with Gasteiger partial charge >= 0.3 is 0 Å². The highest BCUT2D eigenvalue weighted by atomic mass is 79.9. The molecule has 1 heterocycles. The first-order chi connectivity index (χ1) is 12.1. The second kappa shape index (κ2) is 8.44. The zero-order valence-corrected chi connectivity index (χ0v) is 19.9. The topological polar surface area (TPSA) is 17.1 Å². The summed E-state index contributed by atoms with van der Waals surface area (Å²) in [6.07, 6.45) is -0.188. The van der Waals surface area contributed by atoms with E-state index >= 15 is 0 Å². The molecule has 1 unspecified atom stereocenters. The van der Waals surface area contributed by atoms with Crippen LogP contribution in [0.3, 0.4) is 0 Å². The highest BCUT2D eigenvalue weighted by molar-refractivity contribution is 9.38. The molecule has 0 fully saturated rings. The fourth-order valence-electron chi connectivity index (χ4n) is 3.52. The van der Waals surface area contributed by atoms with Crippen LogP contribution < -0.4 is 0 Å². The van der Waals surface area contributed by atoms with Gasteiger partial charge in [0, 0.05) is 11.7 Å². The van der Waals surface area contributed by atoms with Crippen LogP contribution in [0.5, 0.6) is 0 Å². The van der Waals surface area contributed by atoms with Gasteiger partial charge in [-0.05, 0) is 80.3 Å². The third kappa shape index (κ3) is 4.02. The minimum Gasteiger partial charge on any atom is -0.294 e. The Hall–Kier alpha value is -0.850. The molecule has 26 heavy (non-hydrogen) atoms.